The monoisotopic (exact) mass is 256 g/mol. The fourth-order valence-corrected chi connectivity index (χ4v) is 3.87. The second kappa shape index (κ2) is 5.19. The van der Waals surface area contributed by atoms with E-state index in [2.05, 4.69) is 18.7 Å². The van der Waals surface area contributed by atoms with Gasteiger partial charge in [-0.15, -0.1) is 0 Å². The summed E-state index contributed by atoms with van der Waals surface area (Å²) in [6.45, 7) is 6.35. The van der Waals surface area contributed by atoms with Crippen molar-refractivity contribution in [2.24, 2.45) is 11.7 Å². The zero-order valence-corrected chi connectivity index (χ0v) is 11.8. The molecule has 17 heavy (non-hydrogen) atoms. The van der Waals surface area contributed by atoms with Crippen LogP contribution in [0.1, 0.15) is 39.5 Å². The normalized spacial score (nSPS) is 33.5. The van der Waals surface area contributed by atoms with Crippen molar-refractivity contribution in [1.82, 2.24) is 4.90 Å². The van der Waals surface area contributed by atoms with Crippen molar-refractivity contribution < 1.29 is 4.79 Å². The predicted molar refractivity (Wildman–Crippen MR) is 73.1 cm³/mol. The second-order valence-corrected chi connectivity index (χ2v) is 7.69. The first-order chi connectivity index (χ1) is 7.99. The molecule has 1 aliphatic carbocycles. The molecular formula is C13H24N2OS. The van der Waals surface area contributed by atoms with Crippen LogP contribution >= 0.6 is 11.8 Å². The summed E-state index contributed by atoms with van der Waals surface area (Å²) in [5.74, 6) is 1.47. The van der Waals surface area contributed by atoms with Gasteiger partial charge >= 0.3 is 0 Å². The molecule has 1 heterocycles. The van der Waals surface area contributed by atoms with Gasteiger partial charge in [0.1, 0.15) is 0 Å². The van der Waals surface area contributed by atoms with Crippen LogP contribution in [0.4, 0.5) is 0 Å². The molecule has 3 nitrogen and oxygen atoms in total. The third kappa shape index (κ3) is 3.16. The number of rotatable bonds is 1. The van der Waals surface area contributed by atoms with E-state index < -0.39 is 0 Å². The average Bonchev–Trinajstić information content (AvgIpc) is 2.59. The van der Waals surface area contributed by atoms with E-state index in [9.17, 15) is 4.79 Å². The van der Waals surface area contributed by atoms with Gasteiger partial charge in [0, 0.05) is 29.6 Å². The third-order valence-electron chi connectivity index (χ3n) is 4.04. The van der Waals surface area contributed by atoms with Crippen molar-refractivity contribution >= 4 is 17.7 Å². The number of hydrogen-bond donors (Lipinski definition) is 1. The lowest BCUT2D eigenvalue weighted by atomic mass is 10.0. The van der Waals surface area contributed by atoms with Gasteiger partial charge < -0.3 is 10.6 Å². The Morgan fingerprint density at radius 2 is 2.12 bits per heavy atom. The number of amides is 1. The number of carbonyl (C=O) groups excluding carboxylic acids is 1. The van der Waals surface area contributed by atoms with Crippen LogP contribution in [0.5, 0.6) is 0 Å². The molecule has 0 bridgehead atoms. The summed E-state index contributed by atoms with van der Waals surface area (Å²) in [7, 11) is 0. The summed E-state index contributed by atoms with van der Waals surface area (Å²) < 4.78 is 0.312. The maximum absolute atomic E-state index is 12.4. The highest BCUT2D eigenvalue weighted by molar-refractivity contribution is 8.00. The molecule has 0 aromatic heterocycles. The highest BCUT2D eigenvalue weighted by Crippen LogP contribution is 2.32. The molecule has 98 valence electrons. The Kier molecular flexibility index (Phi) is 4.03. The summed E-state index contributed by atoms with van der Waals surface area (Å²) in [5.41, 5.74) is 6.03. The summed E-state index contributed by atoms with van der Waals surface area (Å²) in [6.07, 6.45) is 4.22. The van der Waals surface area contributed by atoms with Crippen LogP contribution in [0.25, 0.3) is 0 Å². The minimum Gasteiger partial charge on any atom is -0.342 e. The summed E-state index contributed by atoms with van der Waals surface area (Å²) >= 11 is 1.98. The molecule has 2 N–H and O–H groups in total. The van der Waals surface area contributed by atoms with Gasteiger partial charge in [-0.25, -0.2) is 0 Å². The van der Waals surface area contributed by atoms with Crippen molar-refractivity contribution in [2.45, 2.75) is 50.3 Å². The molecular weight excluding hydrogens is 232 g/mol. The van der Waals surface area contributed by atoms with E-state index >= 15 is 0 Å². The van der Waals surface area contributed by atoms with Crippen molar-refractivity contribution in [1.29, 1.82) is 0 Å². The zero-order valence-electron chi connectivity index (χ0n) is 10.9. The lowest BCUT2D eigenvalue weighted by Crippen LogP contribution is -2.42. The number of thioether (sulfide) groups is 1. The van der Waals surface area contributed by atoms with Gasteiger partial charge in [0.05, 0.1) is 5.92 Å². The highest BCUT2D eigenvalue weighted by atomic mass is 32.2. The molecule has 2 rings (SSSR count). The van der Waals surface area contributed by atoms with E-state index in [0.29, 0.717) is 10.7 Å². The molecule has 2 atom stereocenters. The first-order valence-electron chi connectivity index (χ1n) is 6.68. The van der Waals surface area contributed by atoms with E-state index in [0.717, 1.165) is 44.5 Å². The van der Waals surface area contributed by atoms with Crippen LogP contribution in [0.2, 0.25) is 0 Å². The Labute approximate surface area is 108 Å². The number of carbonyl (C=O) groups is 1. The fraction of sp³-hybridized carbons (Fsp3) is 0.923. The number of nitrogens with zero attached hydrogens (tertiary/aromatic N) is 1. The van der Waals surface area contributed by atoms with E-state index in [1.165, 1.54) is 0 Å². The molecule has 1 aliphatic heterocycles. The van der Waals surface area contributed by atoms with Crippen LogP contribution in [-0.4, -0.2) is 40.4 Å². The predicted octanol–water partition coefficient (Wildman–Crippen LogP) is 1.86. The highest BCUT2D eigenvalue weighted by Gasteiger charge is 2.34. The van der Waals surface area contributed by atoms with Gasteiger partial charge in [-0.05, 0) is 19.3 Å². The number of hydrogen-bond acceptors (Lipinski definition) is 3. The first-order valence-corrected chi connectivity index (χ1v) is 7.66. The third-order valence-corrected chi connectivity index (χ3v) is 5.41. The molecule has 0 aromatic carbocycles. The lowest BCUT2D eigenvalue weighted by molar-refractivity contribution is -0.135. The Morgan fingerprint density at radius 1 is 1.35 bits per heavy atom. The van der Waals surface area contributed by atoms with E-state index in [-0.39, 0.29) is 12.0 Å². The minimum absolute atomic E-state index is 0.0983. The summed E-state index contributed by atoms with van der Waals surface area (Å²) in [6, 6.07) is 0.103. The lowest BCUT2D eigenvalue weighted by Gasteiger charge is -2.26. The Hall–Kier alpha value is -0.220. The van der Waals surface area contributed by atoms with E-state index in [1.54, 1.807) is 0 Å². The van der Waals surface area contributed by atoms with Crippen LogP contribution in [0.3, 0.4) is 0 Å². The van der Waals surface area contributed by atoms with Crippen molar-refractivity contribution in [3.8, 4) is 0 Å². The maximum atomic E-state index is 12.4. The maximum Gasteiger partial charge on any atom is 0.227 e. The van der Waals surface area contributed by atoms with Gasteiger partial charge in [0.15, 0.2) is 0 Å². The fourth-order valence-electron chi connectivity index (χ4n) is 2.77. The van der Waals surface area contributed by atoms with Gasteiger partial charge in [-0.1, -0.05) is 20.3 Å². The smallest absolute Gasteiger partial charge is 0.227 e. The Morgan fingerprint density at radius 3 is 2.76 bits per heavy atom. The van der Waals surface area contributed by atoms with Crippen LogP contribution in [-0.2, 0) is 4.79 Å². The number of nitrogens with two attached hydrogens (primary N) is 1. The summed E-state index contributed by atoms with van der Waals surface area (Å²) in [4.78, 5) is 14.5. The largest absolute Gasteiger partial charge is 0.342 e. The summed E-state index contributed by atoms with van der Waals surface area (Å²) in [5, 5.41) is 0. The standard InChI is InChI=1S/C13H24N2OS/c1-13(2)6-7-15(8-9-17-13)12(16)10-4-3-5-11(10)14/h10-11H,3-9,14H2,1-2H3. The van der Waals surface area contributed by atoms with Gasteiger partial charge in [-0.2, -0.15) is 11.8 Å². The molecule has 0 radical (unpaired) electrons. The molecule has 2 fully saturated rings. The topological polar surface area (TPSA) is 46.3 Å². The first kappa shape index (κ1) is 13.2. The Balaban J connectivity index is 1.95. The average molecular weight is 256 g/mol. The second-order valence-electron chi connectivity index (χ2n) is 5.88. The quantitative estimate of drug-likeness (QED) is 0.779. The molecule has 4 heteroatoms. The zero-order chi connectivity index (χ0) is 12.5. The van der Waals surface area contributed by atoms with Crippen molar-refractivity contribution in [2.75, 3.05) is 18.8 Å². The van der Waals surface area contributed by atoms with Crippen molar-refractivity contribution in [3.63, 3.8) is 0 Å². The SMILES string of the molecule is CC1(C)CCN(C(=O)C2CCCC2N)CCS1. The molecule has 2 unspecified atom stereocenters. The molecule has 1 saturated heterocycles. The van der Waals surface area contributed by atoms with Gasteiger partial charge in [0.25, 0.3) is 0 Å². The van der Waals surface area contributed by atoms with Crippen molar-refractivity contribution in [3.05, 3.63) is 0 Å². The van der Waals surface area contributed by atoms with Crippen LogP contribution in [0, 0.1) is 5.92 Å². The van der Waals surface area contributed by atoms with Crippen LogP contribution < -0.4 is 5.73 Å². The molecule has 2 aliphatic rings. The molecule has 1 amide bonds. The van der Waals surface area contributed by atoms with Gasteiger partial charge in [-0.3, -0.25) is 4.79 Å². The molecule has 1 saturated carbocycles. The molecule has 0 aromatic rings. The van der Waals surface area contributed by atoms with Crippen LogP contribution in [0.15, 0.2) is 0 Å². The molecule has 0 spiro atoms. The van der Waals surface area contributed by atoms with E-state index in [4.69, 9.17) is 5.73 Å². The minimum atomic E-state index is 0.0983. The van der Waals surface area contributed by atoms with E-state index in [1.807, 2.05) is 11.8 Å². The van der Waals surface area contributed by atoms with Gasteiger partial charge in [0.2, 0.25) is 5.91 Å². The Bertz CT molecular complexity index is 293.